The summed E-state index contributed by atoms with van der Waals surface area (Å²) in [4.78, 5) is 1.86. The fourth-order valence-corrected chi connectivity index (χ4v) is 4.35. The van der Waals surface area contributed by atoms with Gasteiger partial charge in [0.2, 0.25) is 0 Å². The van der Waals surface area contributed by atoms with Gasteiger partial charge in [0.05, 0.1) is 11.4 Å². The van der Waals surface area contributed by atoms with Crippen LogP contribution >= 0.6 is 0 Å². The highest BCUT2D eigenvalue weighted by Gasteiger charge is 2.21. The predicted molar refractivity (Wildman–Crippen MR) is 119 cm³/mol. The first-order valence-corrected chi connectivity index (χ1v) is 10.1. The van der Waals surface area contributed by atoms with Crippen molar-refractivity contribution >= 4 is 0 Å². The predicted octanol–water partition coefficient (Wildman–Crippen LogP) is 6.33. The van der Waals surface area contributed by atoms with Crippen molar-refractivity contribution in [1.82, 2.24) is 15.0 Å². The third kappa shape index (κ3) is 2.80. The lowest BCUT2D eigenvalue weighted by Crippen LogP contribution is -2.09. The van der Waals surface area contributed by atoms with Crippen molar-refractivity contribution in [2.45, 2.75) is 76.2 Å². The van der Waals surface area contributed by atoms with E-state index in [4.69, 9.17) is 10.2 Å². The minimum atomic E-state index is 0.975. The molecule has 0 bridgehead atoms. The highest BCUT2D eigenvalue weighted by molar-refractivity contribution is 5.73. The maximum absolute atomic E-state index is 5.02. The van der Waals surface area contributed by atoms with Crippen molar-refractivity contribution in [1.29, 1.82) is 0 Å². The zero-order chi connectivity index (χ0) is 21.1. The molecule has 0 radical (unpaired) electrons. The lowest BCUT2D eigenvalue weighted by molar-refractivity contribution is 0.734. The number of benzene rings is 2. The molecule has 0 saturated heterocycles. The molecule has 148 valence electrons. The number of hydrogen-bond donors (Lipinski definition) is 0. The van der Waals surface area contributed by atoms with Gasteiger partial charge in [-0.1, -0.05) is 0 Å². The second-order valence-electron chi connectivity index (χ2n) is 8.40. The topological polar surface area (TPSA) is 30.7 Å². The molecule has 0 aliphatic heterocycles. The van der Waals surface area contributed by atoms with Crippen molar-refractivity contribution in [2.24, 2.45) is 0 Å². The van der Waals surface area contributed by atoms with E-state index in [1.165, 1.54) is 61.2 Å². The van der Waals surface area contributed by atoms with Crippen LogP contribution < -0.4 is 0 Å². The van der Waals surface area contributed by atoms with E-state index in [9.17, 15) is 0 Å². The van der Waals surface area contributed by atoms with Gasteiger partial charge in [0.1, 0.15) is 5.69 Å². The van der Waals surface area contributed by atoms with Crippen molar-refractivity contribution < 1.29 is 0 Å². The summed E-state index contributed by atoms with van der Waals surface area (Å²) < 4.78 is 0. The normalized spacial score (nSPS) is 11.4. The van der Waals surface area contributed by atoms with Gasteiger partial charge in [-0.3, -0.25) is 0 Å². The van der Waals surface area contributed by atoms with Crippen LogP contribution in [0.25, 0.3) is 16.9 Å². The Balaban J connectivity index is 2.32. The largest absolute Gasteiger partial charge is 0.153 e. The van der Waals surface area contributed by atoms with Crippen LogP contribution in [0, 0.1) is 76.2 Å². The Labute approximate surface area is 169 Å². The molecule has 0 fully saturated rings. The summed E-state index contributed by atoms with van der Waals surface area (Å²) in [6, 6.07) is 0. The minimum absolute atomic E-state index is 0.975. The van der Waals surface area contributed by atoms with Crippen molar-refractivity contribution in [3.05, 3.63) is 61.3 Å². The van der Waals surface area contributed by atoms with Crippen molar-refractivity contribution in [2.75, 3.05) is 0 Å². The summed E-state index contributed by atoms with van der Waals surface area (Å²) in [5.74, 6) is 0. The van der Waals surface area contributed by atoms with Gasteiger partial charge in [-0.15, -0.1) is 5.10 Å². The molecule has 3 nitrogen and oxygen atoms in total. The van der Waals surface area contributed by atoms with E-state index < -0.39 is 0 Å². The maximum atomic E-state index is 5.02. The third-order valence-corrected chi connectivity index (χ3v) is 7.18. The van der Waals surface area contributed by atoms with Gasteiger partial charge < -0.3 is 0 Å². The van der Waals surface area contributed by atoms with E-state index >= 15 is 0 Å². The molecule has 3 rings (SSSR count). The summed E-state index contributed by atoms with van der Waals surface area (Å²) in [5, 5.41) is 9.88. The highest BCUT2D eigenvalue weighted by atomic mass is 15.5. The first-order valence-electron chi connectivity index (χ1n) is 10.1. The van der Waals surface area contributed by atoms with Crippen LogP contribution in [0.3, 0.4) is 0 Å². The Hall–Kier alpha value is -2.42. The standard InChI is InChI=1S/C25H33N3/c1-12-14(3)18(7)23(19(8)15(12)4)24-22(11)26-28(27-24)25-20(9)16(5)13(2)17(6)21(25)10/h1-11H3. The van der Waals surface area contributed by atoms with E-state index in [0.29, 0.717) is 0 Å². The molecule has 3 aromatic rings. The first-order chi connectivity index (χ1) is 13.0. The molecule has 0 saturated carbocycles. The van der Waals surface area contributed by atoms with Gasteiger partial charge in [-0.05, 0) is 132 Å². The molecule has 0 amide bonds. The van der Waals surface area contributed by atoms with Crippen LogP contribution in [0.15, 0.2) is 0 Å². The Morgan fingerprint density at radius 1 is 0.429 bits per heavy atom. The summed E-state index contributed by atoms with van der Waals surface area (Å²) in [6.45, 7) is 24.1. The van der Waals surface area contributed by atoms with Crippen LogP contribution in [-0.4, -0.2) is 15.0 Å². The number of hydrogen-bond acceptors (Lipinski definition) is 2. The molecule has 28 heavy (non-hydrogen) atoms. The fraction of sp³-hybridized carbons (Fsp3) is 0.440. The molecule has 0 aliphatic carbocycles. The van der Waals surface area contributed by atoms with Gasteiger partial charge in [0, 0.05) is 5.56 Å². The van der Waals surface area contributed by atoms with Crippen LogP contribution in [0.2, 0.25) is 0 Å². The number of aryl methyl sites for hydroxylation is 1. The molecule has 3 heteroatoms. The summed E-state index contributed by atoms with van der Waals surface area (Å²) >= 11 is 0. The third-order valence-electron chi connectivity index (χ3n) is 7.18. The van der Waals surface area contributed by atoms with E-state index in [2.05, 4.69) is 76.2 Å². The molecule has 1 aromatic heterocycles. The van der Waals surface area contributed by atoms with Crippen molar-refractivity contribution in [3.8, 4) is 16.9 Å². The lowest BCUT2D eigenvalue weighted by Gasteiger charge is -2.18. The Bertz CT molecular complexity index is 1060. The van der Waals surface area contributed by atoms with E-state index in [0.717, 1.165) is 17.1 Å². The van der Waals surface area contributed by atoms with Gasteiger partial charge in [-0.25, -0.2) is 0 Å². The first kappa shape index (κ1) is 20.3. The molecule has 0 atom stereocenters. The van der Waals surface area contributed by atoms with Gasteiger partial charge >= 0.3 is 0 Å². The van der Waals surface area contributed by atoms with Crippen LogP contribution in [-0.2, 0) is 0 Å². The average molecular weight is 376 g/mol. The molecular weight excluding hydrogens is 342 g/mol. The smallest absolute Gasteiger partial charge is 0.116 e. The minimum Gasteiger partial charge on any atom is -0.153 e. The SMILES string of the molecule is Cc1nn(-c2c(C)c(C)c(C)c(C)c2C)nc1-c1c(C)c(C)c(C)c(C)c1C. The summed E-state index contributed by atoms with van der Waals surface area (Å²) in [5.41, 5.74) is 17.5. The molecule has 0 unspecified atom stereocenters. The number of rotatable bonds is 2. The molecule has 1 heterocycles. The van der Waals surface area contributed by atoms with Crippen molar-refractivity contribution in [3.63, 3.8) is 0 Å². The summed E-state index contributed by atoms with van der Waals surface area (Å²) in [7, 11) is 0. The second kappa shape index (κ2) is 6.88. The fourth-order valence-electron chi connectivity index (χ4n) is 4.35. The number of aromatic nitrogens is 3. The van der Waals surface area contributed by atoms with Gasteiger partial charge in [0.15, 0.2) is 0 Å². The molecule has 0 spiro atoms. The molecule has 0 N–H and O–H groups in total. The maximum Gasteiger partial charge on any atom is 0.116 e. The van der Waals surface area contributed by atoms with E-state index in [1.807, 2.05) is 4.80 Å². The van der Waals surface area contributed by atoms with Crippen LogP contribution in [0.5, 0.6) is 0 Å². The zero-order valence-corrected chi connectivity index (χ0v) is 19.3. The quantitative estimate of drug-likeness (QED) is 0.524. The zero-order valence-electron chi connectivity index (χ0n) is 19.3. The van der Waals surface area contributed by atoms with E-state index in [1.54, 1.807) is 0 Å². The molecule has 2 aromatic carbocycles. The second-order valence-corrected chi connectivity index (χ2v) is 8.40. The van der Waals surface area contributed by atoms with Crippen LogP contribution in [0.1, 0.15) is 61.3 Å². The lowest BCUT2D eigenvalue weighted by atomic mass is 9.88. The van der Waals surface area contributed by atoms with Gasteiger partial charge in [0.25, 0.3) is 0 Å². The number of nitrogens with zero attached hydrogens (tertiary/aromatic N) is 3. The molecular formula is C25H33N3. The summed E-state index contributed by atoms with van der Waals surface area (Å²) in [6.07, 6.45) is 0. The average Bonchev–Trinajstić information content (AvgIpc) is 3.02. The Morgan fingerprint density at radius 3 is 1.21 bits per heavy atom. The Kier molecular flexibility index (Phi) is 4.99. The molecule has 0 aliphatic rings. The Morgan fingerprint density at radius 2 is 0.786 bits per heavy atom. The van der Waals surface area contributed by atoms with Crippen LogP contribution in [0.4, 0.5) is 0 Å². The van der Waals surface area contributed by atoms with Gasteiger partial charge in [-0.2, -0.15) is 9.90 Å². The monoisotopic (exact) mass is 375 g/mol. The highest BCUT2D eigenvalue weighted by Crippen LogP contribution is 2.35. The van der Waals surface area contributed by atoms with E-state index in [-0.39, 0.29) is 0 Å².